The Morgan fingerprint density at radius 1 is 0.818 bits per heavy atom. The molecule has 1 aliphatic heterocycles. The number of carbonyl (C=O) groups is 2. The second kappa shape index (κ2) is 10.1. The molecule has 3 aliphatic rings. The zero-order valence-corrected chi connectivity index (χ0v) is 19.3. The number of benzene rings is 2. The number of piperazine rings is 1. The third-order valence-corrected chi connectivity index (χ3v) is 6.86. The quantitative estimate of drug-likeness (QED) is 0.644. The maximum absolute atomic E-state index is 13.2. The van der Waals surface area contributed by atoms with Crippen molar-refractivity contribution >= 4 is 11.8 Å². The van der Waals surface area contributed by atoms with Crippen LogP contribution in [-0.2, 0) is 17.9 Å². The van der Waals surface area contributed by atoms with E-state index >= 15 is 0 Å². The van der Waals surface area contributed by atoms with Crippen molar-refractivity contribution in [1.29, 1.82) is 0 Å². The Morgan fingerprint density at radius 2 is 1.48 bits per heavy atom. The molecule has 0 unspecified atom stereocenters. The predicted molar refractivity (Wildman–Crippen MR) is 129 cm³/mol. The average molecular weight is 447 g/mol. The normalized spacial score (nSPS) is 19.3. The smallest absolute Gasteiger partial charge is 0.251 e. The van der Waals surface area contributed by atoms with Gasteiger partial charge in [-0.25, -0.2) is 0 Å². The minimum absolute atomic E-state index is 0.00517. The van der Waals surface area contributed by atoms with E-state index in [0.29, 0.717) is 30.7 Å². The van der Waals surface area contributed by atoms with Gasteiger partial charge in [-0.15, -0.1) is 0 Å². The molecule has 174 valence electrons. The molecule has 2 saturated carbocycles. The van der Waals surface area contributed by atoms with Gasteiger partial charge in [-0.2, -0.15) is 0 Å². The lowest BCUT2D eigenvalue weighted by molar-refractivity contribution is -0.134. The van der Waals surface area contributed by atoms with Crippen LogP contribution < -0.4 is 5.32 Å². The van der Waals surface area contributed by atoms with E-state index in [4.69, 9.17) is 0 Å². The zero-order chi connectivity index (χ0) is 22.6. The molecule has 3 fully saturated rings. The third kappa shape index (κ3) is 6.21. The summed E-state index contributed by atoms with van der Waals surface area (Å²) in [6.07, 6.45) is 4.37. The Bertz CT molecular complexity index is 946. The van der Waals surface area contributed by atoms with Crippen molar-refractivity contribution in [2.75, 3.05) is 32.7 Å². The Labute approximate surface area is 196 Å². The summed E-state index contributed by atoms with van der Waals surface area (Å²) < 4.78 is 0. The number of carbonyl (C=O) groups excluding carboxylic acids is 2. The molecule has 0 bridgehead atoms. The fourth-order valence-electron chi connectivity index (χ4n) is 4.49. The Kier molecular flexibility index (Phi) is 6.74. The maximum atomic E-state index is 13.2. The number of nitrogens with zero attached hydrogens (tertiary/aromatic N) is 3. The van der Waals surface area contributed by atoms with E-state index in [2.05, 4.69) is 50.3 Å². The lowest BCUT2D eigenvalue weighted by atomic mass is 10.1. The minimum atomic E-state index is 0.00517. The topological polar surface area (TPSA) is 55.9 Å². The molecule has 2 amide bonds. The summed E-state index contributed by atoms with van der Waals surface area (Å²) in [6.45, 7) is 5.96. The molecule has 0 atom stereocenters. The van der Waals surface area contributed by atoms with Crippen LogP contribution in [0.25, 0.3) is 0 Å². The Balaban J connectivity index is 1.11. The largest absolute Gasteiger partial charge is 0.349 e. The molecular formula is C27H34N4O2. The highest BCUT2D eigenvalue weighted by Gasteiger charge is 2.33. The van der Waals surface area contributed by atoms with Crippen molar-refractivity contribution in [2.45, 2.75) is 50.9 Å². The van der Waals surface area contributed by atoms with Gasteiger partial charge in [0, 0.05) is 56.9 Å². The van der Waals surface area contributed by atoms with Gasteiger partial charge in [-0.05, 0) is 48.9 Å². The van der Waals surface area contributed by atoms with Gasteiger partial charge in [0.05, 0.1) is 6.54 Å². The number of hydrogen-bond acceptors (Lipinski definition) is 4. The van der Waals surface area contributed by atoms with Crippen LogP contribution in [0.5, 0.6) is 0 Å². The van der Waals surface area contributed by atoms with E-state index in [1.165, 1.54) is 5.56 Å². The Hall–Kier alpha value is -2.70. The molecule has 2 aliphatic carbocycles. The molecule has 0 spiro atoms. The van der Waals surface area contributed by atoms with Gasteiger partial charge >= 0.3 is 0 Å². The van der Waals surface area contributed by atoms with Crippen molar-refractivity contribution in [3.63, 3.8) is 0 Å². The second-order valence-electron chi connectivity index (χ2n) is 9.74. The zero-order valence-electron chi connectivity index (χ0n) is 19.3. The maximum Gasteiger partial charge on any atom is 0.251 e. The van der Waals surface area contributed by atoms with Gasteiger partial charge in [0.25, 0.3) is 5.91 Å². The van der Waals surface area contributed by atoms with Crippen LogP contribution in [0.1, 0.15) is 47.2 Å². The molecule has 6 nitrogen and oxygen atoms in total. The van der Waals surface area contributed by atoms with E-state index in [9.17, 15) is 9.59 Å². The molecule has 2 aromatic rings. The van der Waals surface area contributed by atoms with Crippen LogP contribution in [-0.4, -0.2) is 71.3 Å². The van der Waals surface area contributed by atoms with Crippen LogP contribution in [0.2, 0.25) is 0 Å². The van der Waals surface area contributed by atoms with Crippen LogP contribution in [0.15, 0.2) is 54.6 Å². The lowest BCUT2D eigenvalue weighted by Crippen LogP contribution is -2.50. The first kappa shape index (κ1) is 22.1. The van der Waals surface area contributed by atoms with Gasteiger partial charge in [0.1, 0.15) is 0 Å². The van der Waals surface area contributed by atoms with Crippen LogP contribution in [0.4, 0.5) is 0 Å². The third-order valence-electron chi connectivity index (χ3n) is 6.86. The highest BCUT2D eigenvalue weighted by Crippen LogP contribution is 2.29. The monoisotopic (exact) mass is 446 g/mol. The van der Waals surface area contributed by atoms with Crippen LogP contribution in [0.3, 0.4) is 0 Å². The van der Waals surface area contributed by atoms with Gasteiger partial charge in [0.15, 0.2) is 0 Å². The summed E-state index contributed by atoms with van der Waals surface area (Å²) in [7, 11) is 0. The summed E-state index contributed by atoms with van der Waals surface area (Å²) in [5.74, 6) is 0.232. The van der Waals surface area contributed by atoms with Crippen molar-refractivity contribution in [1.82, 2.24) is 20.0 Å². The van der Waals surface area contributed by atoms with E-state index in [0.717, 1.165) is 64.0 Å². The van der Waals surface area contributed by atoms with Crippen LogP contribution in [0, 0.1) is 0 Å². The number of hydrogen-bond donors (Lipinski definition) is 1. The number of nitrogens with one attached hydrogen (secondary N) is 1. The van der Waals surface area contributed by atoms with Gasteiger partial charge in [-0.1, -0.05) is 42.5 Å². The Morgan fingerprint density at radius 3 is 2.12 bits per heavy atom. The molecule has 1 saturated heterocycles. The molecule has 0 radical (unpaired) electrons. The molecule has 33 heavy (non-hydrogen) atoms. The second-order valence-corrected chi connectivity index (χ2v) is 9.74. The highest BCUT2D eigenvalue weighted by atomic mass is 16.2. The first-order valence-electron chi connectivity index (χ1n) is 12.3. The first-order chi connectivity index (χ1) is 16.1. The molecule has 5 rings (SSSR count). The highest BCUT2D eigenvalue weighted by molar-refractivity contribution is 5.94. The average Bonchev–Trinajstić information content (AvgIpc) is 3.75. The lowest BCUT2D eigenvalue weighted by Gasteiger charge is -2.35. The molecule has 2 aromatic carbocycles. The summed E-state index contributed by atoms with van der Waals surface area (Å²) in [5, 5.41) is 3.03. The molecule has 1 heterocycles. The molecule has 0 aromatic heterocycles. The van der Waals surface area contributed by atoms with E-state index in [1.807, 2.05) is 24.3 Å². The molecule has 6 heteroatoms. The van der Waals surface area contributed by atoms with Crippen LogP contribution >= 0.6 is 0 Å². The van der Waals surface area contributed by atoms with Gasteiger partial charge < -0.3 is 10.2 Å². The standard InChI is InChI=1S/C27H34N4O2/c32-26(20-30-16-14-29(15-17-30)18-21-4-2-1-3-5-21)31(25-12-13-25)19-22-6-8-23(9-7-22)27(33)28-24-10-11-24/h1-9,24-25H,10-20H2,(H,28,33). The van der Waals surface area contributed by atoms with Crippen molar-refractivity contribution in [2.24, 2.45) is 0 Å². The fraction of sp³-hybridized carbons (Fsp3) is 0.481. The number of rotatable bonds is 9. The van der Waals surface area contributed by atoms with E-state index in [-0.39, 0.29) is 11.8 Å². The van der Waals surface area contributed by atoms with E-state index < -0.39 is 0 Å². The van der Waals surface area contributed by atoms with Gasteiger partial charge in [0.2, 0.25) is 5.91 Å². The van der Waals surface area contributed by atoms with Gasteiger partial charge in [-0.3, -0.25) is 19.4 Å². The van der Waals surface area contributed by atoms with Crippen molar-refractivity contribution < 1.29 is 9.59 Å². The summed E-state index contributed by atoms with van der Waals surface area (Å²) in [5.41, 5.74) is 3.13. The minimum Gasteiger partial charge on any atom is -0.349 e. The number of amides is 2. The summed E-state index contributed by atoms with van der Waals surface area (Å²) >= 11 is 0. The fourth-order valence-corrected chi connectivity index (χ4v) is 4.49. The van der Waals surface area contributed by atoms with Crippen molar-refractivity contribution in [3.8, 4) is 0 Å². The first-order valence-corrected chi connectivity index (χ1v) is 12.3. The molecular weight excluding hydrogens is 412 g/mol. The SMILES string of the molecule is O=C(NC1CC1)c1ccc(CN(C(=O)CN2CCN(Cc3ccccc3)CC2)C2CC2)cc1. The summed E-state index contributed by atoms with van der Waals surface area (Å²) in [4.78, 5) is 32.2. The van der Waals surface area contributed by atoms with Crippen molar-refractivity contribution in [3.05, 3.63) is 71.3 Å². The molecule has 1 N–H and O–H groups in total. The summed E-state index contributed by atoms with van der Waals surface area (Å²) in [6, 6.07) is 19.1. The van der Waals surface area contributed by atoms with E-state index in [1.54, 1.807) is 0 Å². The predicted octanol–water partition coefficient (Wildman–Crippen LogP) is 2.89.